The van der Waals surface area contributed by atoms with Gasteiger partial charge in [0.1, 0.15) is 6.04 Å². The third kappa shape index (κ3) is 3.40. The van der Waals surface area contributed by atoms with Crippen LogP contribution in [0.25, 0.3) is 0 Å². The minimum atomic E-state index is -0.846. The van der Waals surface area contributed by atoms with Crippen molar-refractivity contribution >= 4 is 34.9 Å². The molecule has 0 aliphatic rings. The molecule has 0 radical (unpaired) electrons. The molecule has 0 aliphatic heterocycles. The number of carbonyl (C=O) groups is 1. The van der Waals surface area contributed by atoms with Gasteiger partial charge in [-0.3, -0.25) is 0 Å². The molecule has 0 fully saturated rings. The Kier molecular flexibility index (Phi) is 5.24. The van der Waals surface area contributed by atoms with E-state index in [9.17, 15) is 4.79 Å². The first kappa shape index (κ1) is 11.7. The molecule has 1 atom stereocenters. The topological polar surface area (TPSA) is 40.5 Å². The van der Waals surface area contributed by atoms with E-state index >= 15 is 0 Å². The number of hydrogen-bond acceptors (Lipinski definition) is 3. The fourth-order valence-electron chi connectivity index (χ4n) is 0.607. The van der Waals surface area contributed by atoms with Gasteiger partial charge in [0.05, 0.1) is 4.99 Å². The van der Waals surface area contributed by atoms with Crippen LogP contribution in [0.5, 0.6) is 0 Å². The Bertz CT molecular complexity index is 184. The average Bonchev–Trinajstić information content (AvgIpc) is 2.02. The molecule has 70 valence electrons. The summed E-state index contributed by atoms with van der Waals surface area (Å²) in [5.74, 6) is -0.148. The highest BCUT2D eigenvalue weighted by Crippen LogP contribution is 2.02. The van der Waals surface area contributed by atoms with Gasteiger partial charge in [-0.05, 0) is 13.2 Å². The van der Waals surface area contributed by atoms with Crippen LogP contribution < -0.4 is 0 Å². The first-order chi connectivity index (χ1) is 5.50. The lowest BCUT2D eigenvalue weighted by Crippen LogP contribution is -2.40. The van der Waals surface area contributed by atoms with Gasteiger partial charge in [0.2, 0.25) is 0 Å². The minimum absolute atomic E-state index is 0.537. The Morgan fingerprint density at radius 2 is 2.25 bits per heavy atom. The highest BCUT2D eigenvalue weighted by atomic mass is 32.2. The van der Waals surface area contributed by atoms with Gasteiger partial charge in [-0.1, -0.05) is 12.2 Å². The molecule has 0 aromatic rings. The molecular formula is C7H13NO2S2. The summed E-state index contributed by atoms with van der Waals surface area (Å²) in [6, 6.07) is -0.537. The summed E-state index contributed by atoms with van der Waals surface area (Å²) < 4.78 is 0. The molecule has 0 aromatic heterocycles. The Labute approximate surface area is 82.1 Å². The predicted molar refractivity (Wildman–Crippen MR) is 55.8 cm³/mol. The zero-order chi connectivity index (χ0) is 9.72. The van der Waals surface area contributed by atoms with Gasteiger partial charge in [-0.25, -0.2) is 4.79 Å². The molecule has 0 bridgehead atoms. The maximum atomic E-state index is 10.5. The van der Waals surface area contributed by atoms with Crippen molar-refractivity contribution in [3.05, 3.63) is 0 Å². The lowest BCUT2D eigenvalue weighted by molar-refractivity contribution is -0.140. The normalized spacial score (nSPS) is 12.2. The van der Waals surface area contributed by atoms with Crippen molar-refractivity contribution in [1.29, 1.82) is 0 Å². The highest BCUT2D eigenvalue weighted by molar-refractivity contribution is 8.00. The lowest BCUT2D eigenvalue weighted by Gasteiger charge is -2.23. The van der Waals surface area contributed by atoms with Crippen LogP contribution in [-0.4, -0.2) is 46.1 Å². The Hall–Kier alpha value is -0.290. The zero-order valence-electron chi connectivity index (χ0n) is 7.40. The zero-order valence-corrected chi connectivity index (χ0v) is 9.04. The van der Waals surface area contributed by atoms with E-state index < -0.39 is 12.0 Å². The maximum Gasteiger partial charge on any atom is 0.326 e. The van der Waals surface area contributed by atoms with Crippen LogP contribution in [0.4, 0.5) is 0 Å². The number of thiocarbonyl (C=S) groups is 1. The summed E-state index contributed by atoms with van der Waals surface area (Å²) in [7, 11) is 1.71. The maximum absolute atomic E-state index is 10.5. The Morgan fingerprint density at radius 1 is 1.75 bits per heavy atom. The number of thioether (sulfide) groups is 1. The van der Waals surface area contributed by atoms with Gasteiger partial charge in [0.15, 0.2) is 0 Å². The van der Waals surface area contributed by atoms with E-state index in [2.05, 4.69) is 0 Å². The molecular weight excluding hydrogens is 194 g/mol. The third-order valence-electron chi connectivity index (χ3n) is 1.60. The van der Waals surface area contributed by atoms with E-state index in [0.717, 1.165) is 0 Å². The molecule has 12 heavy (non-hydrogen) atoms. The molecule has 0 heterocycles. The van der Waals surface area contributed by atoms with Gasteiger partial charge < -0.3 is 10.0 Å². The van der Waals surface area contributed by atoms with Crippen LogP contribution in [-0.2, 0) is 4.79 Å². The molecule has 0 saturated heterocycles. The lowest BCUT2D eigenvalue weighted by atomic mass is 10.3. The van der Waals surface area contributed by atoms with Gasteiger partial charge in [-0.2, -0.15) is 11.8 Å². The number of likely N-dealkylation sites (N-methyl/N-ethyl adjacent to an activating group) is 1. The van der Waals surface area contributed by atoms with E-state index in [4.69, 9.17) is 17.3 Å². The first-order valence-electron chi connectivity index (χ1n) is 3.48. The third-order valence-corrected chi connectivity index (χ3v) is 2.78. The summed E-state index contributed by atoms with van der Waals surface area (Å²) in [5, 5.41) is 8.66. The van der Waals surface area contributed by atoms with E-state index in [1.54, 1.807) is 30.6 Å². The number of rotatable bonds is 4. The van der Waals surface area contributed by atoms with Crippen LogP contribution in [0, 0.1) is 0 Å². The van der Waals surface area contributed by atoms with E-state index in [1.807, 2.05) is 6.26 Å². The minimum Gasteiger partial charge on any atom is -0.480 e. The monoisotopic (exact) mass is 207 g/mol. The van der Waals surface area contributed by atoms with E-state index in [-0.39, 0.29) is 0 Å². The highest BCUT2D eigenvalue weighted by Gasteiger charge is 2.18. The van der Waals surface area contributed by atoms with Gasteiger partial charge in [0, 0.05) is 12.8 Å². The van der Waals surface area contributed by atoms with Crippen molar-refractivity contribution in [1.82, 2.24) is 4.90 Å². The van der Waals surface area contributed by atoms with Crippen LogP contribution in [0.3, 0.4) is 0 Å². The number of nitrogens with zero attached hydrogens (tertiary/aromatic N) is 1. The summed E-state index contributed by atoms with van der Waals surface area (Å²) >= 11 is 6.60. The van der Waals surface area contributed by atoms with Crippen molar-refractivity contribution in [3.8, 4) is 0 Å². The average molecular weight is 207 g/mol. The number of aliphatic carboxylic acids is 1. The van der Waals surface area contributed by atoms with Crippen LogP contribution in [0.2, 0.25) is 0 Å². The Balaban J connectivity index is 4.09. The number of hydrogen-bond donors (Lipinski definition) is 1. The molecule has 0 aliphatic carbocycles. The molecule has 0 amide bonds. The second kappa shape index (κ2) is 5.37. The van der Waals surface area contributed by atoms with E-state index in [0.29, 0.717) is 10.7 Å². The fourth-order valence-corrected chi connectivity index (χ4v) is 1.57. The molecule has 0 rings (SSSR count). The van der Waals surface area contributed by atoms with Crippen molar-refractivity contribution < 1.29 is 9.90 Å². The van der Waals surface area contributed by atoms with Gasteiger partial charge in [0.25, 0.3) is 0 Å². The van der Waals surface area contributed by atoms with Crippen molar-refractivity contribution in [2.75, 3.05) is 19.1 Å². The van der Waals surface area contributed by atoms with Crippen LogP contribution in [0.15, 0.2) is 0 Å². The number of carboxylic acid groups (broad SMARTS) is 1. The van der Waals surface area contributed by atoms with Crippen molar-refractivity contribution in [2.24, 2.45) is 0 Å². The molecule has 0 spiro atoms. The fraction of sp³-hybridized carbons (Fsp3) is 0.714. The van der Waals surface area contributed by atoms with Gasteiger partial charge >= 0.3 is 5.97 Å². The first-order valence-corrected chi connectivity index (χ1v) is 5.28. The standard InChI is InChI=1S/C7H13NO2S2/c1-5(7(9)10)8(2)6(11)4-12-3/h5H,4H2,1-3H3,(H,9,10)/t5-/m0/s1. The molecule has 3 nitrogen and oxygen atoms in total. The van der Waals surface area contributed by atoms with Crippen molar-refractivity contribution in [2.45, 2.75) is 13.0 Å². The van der Waals surface area contributed by atoms with Crippen LogP contribution in [0.1, 0.15) is 6.92 Å². The smallest absolute Gasteiger partial charge is 0.326 e. The summed E-state index contributed by atoms with van der Waals surface area (Å²) in [6.45, 7) is 1.62. The molecule has 0 unspecified atom stereocenters. The molecule has 0 aromatic carbocycles. The second-order valence-electron chi connectivity index (χ2n) is 2.45. The quantitative estimate of drug-likeness (QED) is 0.699. The predicted octanol–water partition coefficient (Wildman–Crippen LogP) is 1.08. The van der Waals surface area contributed by atoms with Crippen molar-refractivity contribution in [3.63, 3.8) is 0 Å². The summed E-state index contributed by atoms with van der Waals surface area (Å²) in [6.07, 6.45) is 1.94. The SMILES string of the molecule is CSCC(=S)N(C)[C@@H](C)C(=O)O. The summed E-state index contributed by atoms with van der Waals surface area (Å²) in [5.41, 5.74) is 0. The molecule has 0 saturated carbocycles. The second-order valence-corrected chi connectivity index (χ2v) is 3.79. The van der Waals surface area contributed by atoms with Crippen LogP contribution >= 0.6 is 24.0 Å². The van der Waals surface area contributed by atoms with Gasteiger partial charge in [-0.15, -0.1) is 0 Å². The number of carboxylic acids is 1. The molecule has 1 N–H and O–H groups in total. The summed E-state index contributed by atoms with van der Waals surface area (Å²) in [4.78, 5) is 12.8. The largest absolute Gasteiger partial charge is 0.480 e. The Morgan fingerprint density at radius 3 is 2.58 bits per heavy atom. The molecule has 5 heteroatoms. The van der Waals surface area contributed by atoms with E-state index in [1.165, 1.54) is 0 Å².